The first-order chi connectivity index (χ1) is 4.27. The predicted molar refractivity (Wildman–Crippen MR) is 41.0 cm³/mol. The van der Waals surface area contributed by atoms with E-state index in [1.54, 1.807) is 0 Å². The van der Waals surface area contributed by atoms with Crippen LogP contribution in [0.1, 0.15) is 40.0 Å². The van der Waals surface area contributed by atoms with E-state index in [9.17, 15) is 0 Å². The monoisotopic (exact) mass is 127 g/mol. The lowest BCUT2D eigenvalue weighted by atomic mass is 10.2. The number of unbranched alkanes of at least 4 members (excludes halogenated alkanes) is 2. The maximum Gasteiger partial charge on any atom is 0.0588 e. The van der Waals surface area contributed by atoms with E-state index in [-0.39, 0.29) is 0 Å². The third-order valence-electron chi connectivity index (χ3n) is 1.05. The molecule has 0 atom stereocenters. The minimum Gasteiger partial charge on any atom is -0.306 e. The second-order valence-corrected chi connectivity index (χ2v) is 2.58. The number of hydrogen-bond donors (Lipinski definition) is 1. The molecular weight excluding hydrogens is 110 g/mol. The van der Waals surface area contributed by atoms with Gasteiger partial charge < -0.3 is 5.32 Å². The summed E-state index contributed by atoms with van der Waals surface area (Å²) in [5.74, 6) is 0. The quantitative estimate of drug-likeness (QED) is 0.441. The third-order valence-corrected chi connectivity index (χ3v) is 1.05. The van der Waals surface area contributed by atoms with Crippen LogP contribution in [-0.2, 0) is 0 Å². The molecule has 0 aromatic heterocycles. The summed E-state index contributed by atoms with van der Waals surface area (Å²) in [5, 5.41) is 3.13. The molecule has 1 N–H and O–H groups in total. The van der Waals surface area contributed by atoms with Crippen LogP contribution >= 0.6 is 0 Å². The summed E-state index contributed by atoms with van der Waals surface area (Å²) in [6.07, 6.45) is 3.58. The molecule has 0 bridgehead atoms. The van der Waals surface area contributed by atoms with E-state index >= 15 is 0 Å². The van der Waals surface area contributed by atoms with Crippen molar-refractivity contribution in [1.29, 1.82) is 0 Å². The zero-order valence-electron chi connectivity index (χ0n) is 6.70. The lowest BCUT2D eigenvalue weighted by Gasteiger charge is -2.04. The summed E-state index contributed by atoms with van der Waals surface area (Å²) in [6.45, 7) is 9.58. The molecule has 0 saturated heterocycles. The number of rotatable bonds is 5. The lowest BCUT2D eigenvalue weighted by molar-refractivity contribution is 0.617. The van der Waals surface area contributed by atoms with Gasteiger partial charge in [0.15, 0.2) is 0 Å². The Morgan fingerprint density at radius 1 is 1.44 bits per heavy atom. The molecule has 2 radical (unpaired) electrons. The van der Waals surface area contributed by atoms with Crippen molar-refractivity contribution in [1.82, 2.24) is 5.32 Å². The Kier molecular flexibility index (Phi) is 6.06. The highest BCUT2D eigenvalue weighted by molar-refractivity contribution is 4.63. The normalized spacial score (nSPS) is 10.7. The van der Waals surface area contributed by atoms with E-state index in [2.05, 4.69) is 32.6 Å². The predicted octanol–water partition coefficient (Wildman–Crippen LogP) is 2.21. The van der Waals surface area contributed by atoms with Crippen molar-refractivity contribution in [3.63, 3.8) is 0 Å². The topological polar surface area (TPSA) is 12.0 Å². The van der Waals surface area contributed by atoms with Crippen molar-refractivity contribution in [2.75, 3.05) is 0 Å². The van der Waals surface area contributed by atoms with E-state index in [1.165, 1.54) is 12.8 Å². The molecular formula is C8H17N. The second-order valence-electron chi connectivity index (χ2n) is 2.58. The van der Waals surface area contributed by atoms with Crippen molar-refractivity contribution in [3.05, 3.63) is 6.54 Å². The molecule has 0 heterocycles. The van der Waals surface area contributed by atoms with Gasteiger partial charge in [0.05, 0.1) is 6.54 Å². The summed E-state index contributed by atoms with van der Waals surface area (Å²) >= 11 is 0. The van der Waals surface area contributed by atoms with Crippen LogP contribution < -0.4 is 5.32 Å². The maximum atomic E-state index is 3.14. The van der Waals surface area contributed by atoms with Crippen molar-refractivity contribution in [3.8, 4) is 0 Å². The molecule has 0 aromatic rings. The molecule has 0 aromatic carbocycles. The Labute approximate surface area is 58.8 Å². The maximum absolute atomic E-state index is 3.14. The van der Waals surface area contributed by atoms with Crippen LogP contribution in [0.25, 0.3) is 0 Å². The SMILES string of the molecule is CCCC[C]NC(C)C. The summed E-state index contributed by atoms with van der Waals surface area (Å²) in [7, 11) is 0. The second kappa shape index (κ2) is 6.09. The molecule has 54 valence electrons. The van der Waals surface area contributed by atoms with Crippen LogP contribution in [0.4, 0.5) is 0 Å². The molecule has 0 fully saturated rings. The molecule has 0 rings (SSSR count). The van der Waals surface area contributed by atoms with Gasteiger partial charge in [0.2, 0.25) is 0 Å². The highest BCUT2D eigenvalue weighted by Gasteiger charge is 1.90. The third kappa shape index (κ3) is 7.96. The lowest BCUT2D eigenvalue weighted by Crippen LogP contribution is -2.19. The highest BCUT2D eigenvalue weighted by atomic mass is 14.9. The minimum atomic E-state index is 0.543. The first kappa shape index (κ1) is 8.96. The van der Waals surface area contributed by atoms with Crippen LogP contribution in [0.15, 0.2) is 0 Å². The molecule has 9 heavy (non-hydrogen) atoms. The van der Waals surface area contributed by atoms with Gasteiger partial charge in [-0.1, -0.05) is 33.6 Å². The Hall–Kier alpha value is -0.0400. The van der Waals surface area contributed by atoms with E-state index in [4.69, 9.17) is 0 Å². The van der Waals surface area contributed by atoms with Crippen LogP contribution in [-0.4, -0.2) is 6.04 Å². The zero-order valence-corrected chi connectivity index (χ0v) is 6.70. The van der Waals surface area contributed by atoms with Gasteiger partial charge in [0, 0.05) is 6.04 Å². The van der Waals surface area contributed by atoms with Gasteiger partial charge in [-0.15, -0.1) is 0 Å². The fraction of sp³-hybridized carbons (Fsp3) is 0.875. The van der Waals surface area contributed by atoms with Crippen LogP contribution in [0.2, 0.25) is 0 Å². The summed E-state index contributed by atoms with van der Waals surface area (Å²) in [4.78, 5) is 0. The summed E-state index contributed by atoms with van der Waals surface area (Å²) in [5.41, 5.74) is 0. The standard InChI is InChI=1S/C8H17N/c1-4-5-6-7-9-8(2)3/h8-9H,4-6H2,1-3H3. The Morgan fingerprint density at radius 2 is 2.11 bits per heavy atom. The number of nitrogens with one attached hydrogen (secondary N) is 1. The van der Waals surface area contributed by atoms with Gasteiger partial charge in [-0.3, -0.25) is 0 Å². The number of hydrogen-bond acceptors (Lipinski definition) is 1. The first-order valence-electron chi connectivity index (χ1n) is 3.75. The van der Waals surface area contributed by atoms with Crippen LogP contribution in [0.5, 0.6) is 0 Å². The van der Waals surface area contributed by atoms with E-state index < -0.39 is 0 Å². The van der Waals surface area contributed by atoms with Crippen LogP contribution in [0.3, 0.4) is 0 Å². The van der Waals surface area contributed by atoms with Gasteiger partial charge >= 0.3 is 0 Å². The van der Waals surface area contributed by atoms with Crippen molar-refractivity contribution in [2.45, 2.75) is 46.1 Å². The zero-order chi connectivity index (χ0) is 7.11. The molecule has 1 heteroatoms. The first-order valence-corrected chi connectivity index (χ1v) is 3.75. The average molecular weight is 127 g/mol. The molecule has 0 saturated carbocycles. The molecule has 0 unspecified atom stereocenters. The Morgan fingerprint density at radius 3 is 2.56 bits per heavy atom. The van der Waals surface area contributed by atoms with Gasteiger partial charge in [-0.25, -0.2) is 0 Å². The van der Waals surface area contributed by atoms with Gasteiger partial charge in [-0.05, 0) is 6.42 Å². The Balaban J connectivity index is 2.75. The van der Waals surface area contributed by atoms with Crippen molar-refractivity contribution >= 4 is 0 Å². The van der Waals surface area contributed by atoms with Crippen molar-refractivity contribution < 1.29 is 0 Å². The van der Waals surface area contributed by atoms with Gasteiger partial charge in [0.25, 0.3) is 0 Å². The van der Waals surface area contributed by atoms with Crippen molar-refractivity contribution in [2.24, 2.45) is 0 Å². The molecule has 0 amide bonds. The molecule has 1 nitrogen and oxygen atoms in total. The van der Waals surface area contributed by atoms with E-state index in [0.29, 0.717) is 6.04 Å². The summed E-state index contributed by atoms with van der Waals surface area (Å²) < 4.78 is 0. The average Bonchev–Trinajstić information content (AvgIpc) is 1.80. The smallest absolute Gasteiger partial charge is 0.0588 e. The fourth-order valence-corrected chi connectivity index (χ4v) is 0.541. The highest BCUT2D eigenvalue weighted by Crippen LogP contribution is 1.95. The largest absolute Gasteiger partial charge is 0.306 e. The van der Waals surface area contributed by atoms with E-state index in [1.807, 2.05) is 0 Å². The fourth-order valence-electron chi connectivity index (χ4n) is 0.541. The van der Waals surface area contributed by atoms with Crippen LogP contribution in [0, 0.1) is 6.54 Å². The Bertz CT molecular complexity index is 50.5. The summed E-state index contributed by atoms with van der Waals surface area (Å²) in [6, 6.07) is 0.543. The molecule has 0 aliphatic carbocycles. The molecule has 0 spiro atoms. The molecule has 0 aliphatic heterocycles. The van der Waals surface area contributed by atoms with Gasteiger partial charge in [-0.2, -0.15) is 0 Å². The minimum absolute atomic E-state index is 0.543. The van der Waals surface area contributed by atoms with Gasteiger partial charge in [0.1, 0.15) is 0 Å². The van der Waals surface area contributed by atoms with E-state index in [0.717, 1.165) is 6.42 Å². The molecule has 0 aliphatic rings.